The van der Waals surface area contributed by atoms with Gasteiger partial charge in [0.2, 0.25) is 5.88 Å². The van der Waals surface area contributed by atoms with Crippen molar-refractivity contribution >= 4 is 17.6 Å². The van der Waals surface area contributed by atoms with Crippen molar-refractivity contribution < 1.29 is 4.42 Å². The number of fused-ring (bicyclic) bond motifs is 1. The fraction of sp³-hybridized carbons (Fsp3) is 0.172. The Labute approximate surface area is 201 Å². The lowest BCUT2D eigenvalue weighted by Crippen LogP contribution is -2.25. The summed E-state index contributed by atoms with van der Waals surface area (Å²) in [6.07, 6.45) is 13.2. The molecule has 1 aliphatic heterocycles. The van der Waals surface area contributed by atoms with Gasteiger partial charge < -0.3 is 14.6 Å². The first-order chi connectivity index (χ1) is 16.3. The first-order valence-electron chi connectivity index (χ1n) is 11.0. The summed E-state index contributed by atoms with van der Waals surface area (Å²) in [5.74, 6) is 1.03. The Balaban J connectivity index is 2.18. The lowest BCUT2D eigenvalue weighted by Gasteiger charge is -2.32. The van der Waals surface area contributed by atoms with Crippen molar-refractivity contribution in [3.05, 3.63) is 113 Å². The van der Waals surface area contributed by atoms with E-state index in [2.05, 4.69) is 55.8 Å². The molecular weight excluding hydrogens is 420 g/mol. The molecule has 0 unspecified atom stereocenters. The smallest absolute Gasteiger partial charge is 0.201 e. The summed E-state index contributed by atoms with van der Waals surface area (Å²) < 4.78 is 6.02. The van der Waals surface area contributed by atoms with Crippen molar-refractivity contribution in [3.8, 4) is 12.1 Å². The molecule has 34 heavy (non-hydrogen) atoms. The van der Waals surface area contributed by atoms with Crippen LogP contribution in [0.15, 0.2) is 107 Å². The van der Waals surface area contributed by atoms with Crippen LogP contribution in [0.2, 0.25) is 0 Å². The maximum Gasteiger partial charge on any atom is 0.201 e. The van der Waals surface area contributed by atoms with Crippen LogP contribution in [0.4, 0.5) is 11.6 Å². The largest absolute Gasteiger partial charge is 0.441 e. The zero-order chi connectivity index (χ0) is 24.7. The predicted octanol–water partition coefficient (Wildman–Crippen LogP) is 7.35. The maximum atomic E-state index is 9.13. The number of nitrogens with one attached hydrogen (secondary N) is 1. The van der Waals surface area contributed by atoms with E-state index in [4.69, 9.17) is 14.9 Å². The van der Waals surface area contributed by atoms with Crippen LogP contribution in [-0.4, -0.2) is 0 Å². The van der Waals surface area contributed by atoms with Gasteiger partial charge in [-0.3, -0.25) is 0 Å². The van der Waals surface area contributed by atoms with Crippen molar-refractivity contribution in [1.29, 1.82) is 10.5 Å². The quantitative estimate of drug-likeness (QED) is 0.369. The number of nitriles is 2. The fourth-order valence-electron chi connectivity index (χ4n) is 3.70. The van der Waals surface area contributed by atoms with Gasteiger partial charge in [0.15, 0.2) is 0 Å². The van der Waals surface area contributed by atoms with E-state index in [-0.39, 0.29) is 11.0 Å². The number of furan rings is 1. The molecule has 0 saturated heterocycles. The summed E-state index contributed by atoms with van der Waals surface area (Å²) in [6.45, 7) is 12.2. The summed E-state index contributed by atoms with van der Waals surface area (Å²) in [6, 6.07) is 15.8. The summed E-state index contributed by atoms with van der Waals surface area (Å²) in [4.78, 5) is 2.16. The zero-order valence-corrected chi connectivity index (χ0v) is 20.0. The van der Waals surface area contributed by atoms with Crippen LogP contribution in [-0.2, 0) is 5.41 Å². The van der Waals surface area contributed by atoms with Gasteiger partial charge in [-0.05, 0) is 44.2 Å². The van der Waals surface area contributed by atoms with Gasteiger partial charge in [-0.15, -0.1) is 0 Å². The lowest BCUT2D eigenvalue weighted by molar-refractivity contribution is 0.555. The van der Waals surface area contributed by atoms with Crippen LogP contribution in [0.3, 0.4) is 0 Å². The molecule has 0 fully saturated rings. The Hall–Kier alpha value is -4.48. The SMILES string of the molecule is C=C/C=C\C(=C/C)N(C1=C/Nc2oc(C=C(C#N)C#N)cc2C(C)(C)\C(C)=C\1)c1ccccc1. The molecule has 1 aliphatic rings. The van der Waals surface area contributed by atoms with Gasteiger partial charge in [-0.25, -0.2) is 0 Å². The van der Waals surface area contributed by atoms with Crippen molar-refractivity contribution in [2.24, 2.45) is 0 Å². The van der Waals surface area contributed by atoms with Crippen LogP contribution in [0, 0.1) is 22.7 Å². The van der Waals surface area contributed by atoms with Crippen LogP contribution in [0.5, 0.6) is 0 Å². The van der Waals surface area contributed by atoms with E-state index < -0.39 is 0 Å². The Morgan fingerprint density at radius 2 is 1.88 bits per heavy atom. The molecule has 0 aliphatic carbocycles. The number of hydrogen-bond donors (Lipinski definition) is 1. The molecule has 1 aromatic heterocycles. The van der Waals surface area contributed by atoms with Gasteiger partial charge in [0.05, 0.1) is 5.70 Å². The molecule has 0 bridgehead atoms. The first-order valence-corrected chi connectivity index (χ1v) is 11.0. The van der Waals surface area contributed by atoms with E-state index in [1.54, 1.807) is 6.08 Å². The van der Waals surface area contributed by atoms with Crippen LogP contribution < -0.4 is 10.2 Å². The van der Waals surface area contributed by atoms with Gasteiger partial charge in [0.1, 0.15) is 23.5 Å². The maximum absolute atomic E-state index is 9.13. The Bertz CT molecular complexity index is 1290. The standard InChI is InChI=1S/C29H28N4O/c1-6-8-12-23(7-2)33(24-13-10-9-11-14-24)25-15-21(3)29(4,5)27-17-26(16-22(18-30)19-31)34-28(27)32-20-25/h6-17,20,32H,1H2,2-5H3/b12-8-,21-15+,23-7+,25-20+. The average molecular weight is 449 g/mol. The first kappa shape index (κ1) is 24.2. The highest BCUT2D eigenvalue weighted by Crippen LogP contribution is 2.41. The number of allylic oxidation sites excluding steroid dienone is 7. The molecule has 3 rings (SSSR count). The van der Waals surface area contributed by atoms with Gasteiger partial charge in [0.25, 0.3) is 0 Å². The van der Waals surface area contributed by atoms with Gasteiger partial charge in [0, 0.05) is 34.6 Å². The number of nitrogens with zero attached hydrogens (tertiary/aromatic N) is 3. The third-order valence-electron chi connectivity index (χ3n) is 5.88. The molecule has 1 aromatic carbocycles. The molecule has 0 atom stereocenters. The normalized spacial score (nSPS) is 17.9. The summed E-state index contributed by atoms with van der Waals surface area (Å²) >= 11 is 0. The highest BCUT2D eigenvalue weighted by atomic mass is 16.4. The monoisotopic (exact) mass is 448 g/mol. The van der Waals surface area contributed by atoms with Crippen LogP contribution >= 0.6 is 0 Å². The molecule has 170 valence electrons. The highest BCUT2D eigenvalue weighted by molar-refractivity contribution is 5.68. The molecule has 0 amide bonds. The minimum atomic E-state index is -0.369. The number of benzene rings is 1. The minimum absolute atomic E-state index is 0.00925. The second kappa shape index (κ2) is 10.4. The van der Waals surface area contributed by atoms with Crippen LogP contribution in [0.25, 0.3) is 6.08 Å². The van der Waals surface area contributed by atoms with E-state index in [9.17, 15) is 0 Å². The predicted molar refractivity (Wildman–Crippen MR) is 138 cm³/mol. The molecule has 5 heteroatoms. The summed E-state index contributed by atoms with van der Waals surface area (Å²) in [5.41, 5.74) is 4.61. The molecular formula is C29H28N4O. The van der Waals surface area contributed by atoms with Crippen molar-refractivity contribution in [1.82, 2.24) is 0 Å². The third kappa shape index (κ3) is 4.95. The van der Waals surface area contributed by atoms with E-state index in [0.29, 0.717) is 11.6 Å². The van der Waals surface area contributed by atoms with Gasteiger partial charge in [-0.2, -0.15) is 10.5 Å². The second-order valence-electron chi connectivity index (χ2n) is 8.32. The van der Waals surface area contributed by atoms with E-state index in [1.165, 1.54) is 6.08 Å². The molecule has 0 radical (unpaired) electrons. The summed E-state index contributed by atoms with van der Waals surface area (Å²) in [5, 5.41) is 21.6. The fourth-order valence-corrected chi connectivity index (χ4v) is 3.70. The molecule has 1 N–H and O–H groups in total. The second-order valence-corrected chi connectivity index (χ2v) is 8.32. The van der Waals surface area contributed by atoms with E-state index in [0.717, 1.165) is 28.2 Å². The lowest BCUT2D eigenvalue weighted by atomic mass is 9.78. The zero-order valence-electron chi connectivity index (χ0n) is 20.0. The number of hydrogen-bond acceptors (Lipinski definition) is 5. The molecule has 0 spiro atoms. The van der Waals surface area contributed by atoms with Crippen molar-refractivity contribution in [2.75, 3.05) is 10.2 Å². The number of rotatable bonds is 6. The third-order valence-corrected chi connectivity index (χ3v) is 5.88. The number of anilines is 2. The summed E-state index contributed by atoms with van der Waals surface area (Å²) in [7, 11) is 0. The molecule has 2 aromatic rings. The number of para-hydroxylation sites is 1. The molecule has 0 saturated carbocycles. The van der Waals surface area contributed by atoms with Gasteiger partial charge >= 0.3 is 0 Å². The Morgan fingerprint density at radius 1 is 1.18 bits per heavy atom. The highest BCUT2D eigenvalue weighted by Gasteiger charge is 2.31. The molecule has 5 nitrogen and oxygen atoms in total. The van der Waals surface area contributed by atoms with E-state index >= 15 is 0 Å². The Morgan fingerprint density at radius 3 is 2.50 bits per heavy atom. The Kier molecular flexibility index (Phi) is 7.41. The van der Waals surface area contributed by atoms with Crippen molar-refractivity contribution in [3.63, 3.8) is 0 Å². The van der Waals surface area contributed by atoms with E-state index in [1.807, 2.05) is 67.8 Å². The topological polar surface area (TPSA) is 76.0 Å². The van der Waals surface area contributed by atoms with Crippen molar-refractivity contribution in [2.45, 2.75) is 33.1 Å². The molecule has 2 heterocycles. The average Bonchev–Trinajstić information content (AvgIpc) is 3.26. The minimum Gasteiger partial charge on any atom is -0.441 e. The van der Waals surface area contributed by atoms with Crippen LogP contribution in [0.1, 0.15) is 39.0 Å². The van der Waals surface area contributed by atoms with Gasteiger partial charge in [-0.1, -0.05) is 62.4 Å².